The summed E-state index contributed by atoms with van der Waals surface area (Å²) in [7, 11) is 0. The zero-order valence-corrected chi connectivity index (χ0v) is 18.7. The highest BCUT2D eigenvalue weighted by Crippen LogP contribution is 2.69. The van der Waals surface area contributed by atoms with Gasteiger partial charge in [0, 0.05) is 16.7 Å². The summed E-state index contributed by atoms with van der Waals surface area (Å²) in [6.45, 7) is 5.67. The van der Waals surface area contributed by atoms with Crippen LogP contribution in [0.25, 0.3) is 0 Å². The highest BCUT2D eigenvalue weighted by molar-refractivity contribution is 6.01. The second-order valence-corrected chi connectivity index (χ2v) is 10.7. The van der Waals surface area contributed by atoms with Crippen molar-refractivity contribution in [3.63, 3.8) is 0 Å². The smallest absolute Gasteiger partial charge is 0.193 e. The van der Waals surface area contributed by atoms with Gasteiger partial charge < -0.3 is 19.7 Å². The van der Waals surface area contributed by atoms with Crippen molar-refractivity contribution in [2.24, 2.45) is 28.6 Å². The second kappa shape index (κ2) is 7.08. The first-order valence-electron chi connectivity index (χ1n) is 11.8. The molecule has 5 rings (SSSR count). The number of hydrogen-bond donors (Lipinski definition) is 2. The molecule has 2 N–H and O–H groups in total. The molecule has 5 aliphatic rings. The summed E-state index contributed by atoms with van der Waals surface area (Å²) in [5.74, 6) is 0.0274. The largest absolute Gasteiger partial charge is 0.393 e. The number of carbonyl (C=O) groups excluding carboxylic acids is 2. The molecular formula is C25H34O6. The summed E-state index contributed by atoms with van der Waals surface area (Å²) in [6.07, 6.45) is 8.31. The molecular weight excluding hydrogens is 396 g/mol. The van der Waals surface area contributed by atoms with Gasteiger partial charge in [0.15, 0.2) is 23.5 Å². The highest BCUT2D eigenvalue weighted by Gasteiger charge is 2.75. The van der Waals surface area contributed by atoms with E-state index in [4.69, 9.17) is 9.47 Å². The van der Waals surface area contributed by atoms with Gasteiger partial charge in [0.2, 0.25) is 0 Å². The normalized spacial score (nSPS) is 50.4. The number of fused-ring (bicyclic) bond motifs is 7. The molecule has 1 saturated heterocycles. The minimum atomic E-state index is -1.20. The minimum Gasteiger partial charge on any atom is -0.393 e. The molecule has 4 fully saturated rings. The van der Waals surface area contributed by atoms with E-state index >= 15 is 0 Å². The van der Waals surface area contributed by atoms with Gasteiger partial charge in [-0.1, -0.05) is 38.8 Å². The monoisotopic (exact) mass is 430 g/mol. The third-order valence-electron chi connectivity index (χ3n) is 9.37. The van der Waals surface area contributed by atoms with E-state index in [2.05, 4.69) is 20.8 Å². The van der Waals surface area contributed by atoms with Crippen LogP contribution < -0.4 is 0 Å². The SMILES string of the molecule is CCC[C@H]1OC2C[C@H]3[C@@H]4CCC5=CC(=O)C=C[C@]5(C)[C@H]4[C@@H](O)C[C@]3(C)[C@]2(C(=O)CO)O1. The lowest BCUT2D eigenvalue weighted by atomic mass is 9.46. The first-order chi connectivity index (χ1) is 14.7. The summed E-state index contributed by atoms with van der Waals surface area (Å²) >= 11 is 0. The van der Waals surface area contributed by atoms with E-state index in [0.29, 0.717) is 19.3 Å². The number of allylic oxidation sites excluding steroid dienone is 4. The molecule has 9 atom stereocenters. The highest BCUT2D eigenvalue weighted by atomic mass is 16.7. The third-order valence-corrected chi connectivity index (χ3v) is 9.37. The summed E-state index contributed by atoms with van der Waals surface area (Å²) < 4.78 is 12.7. The Morgan fingerprint density at radius 2 is 2.10 bits per heavy atom. The number of ether oxygens (including phenoxy) is 2. The Hall–Kier alpha value is -1.34. The van der Waals surface area contributed by atoms with Crippen molar-refractivity contribution in [2.45, 2.75) is 83.4 Å². The Kier molecular flexibility index (Phi) is 4.91. The maximum atomic E-state index is 13.2. The Morgan fingerprint density at radius 3 is 2.81 bits per heavy atom. The molecule has 0 spiro atoms. The van der Waals surface area contributed by atoms with Crippen LogP contribution in [-0.4, -0.2) is 52.5 Å². The number of aliphatic hydroxyl groups excluding tert-OH is 2. The van der Waals surface area contributed by atoms with Crippen LogP contribution in [0, 0.1) is 28.6 Å². The van der Waals surface area contributed by atoms with Gasteiger partial charge in [0.05, 0.1) is 12.2 Å². The predicted octanol–water partition coefficient (Wildman–Crippen LogP) is 2.72. The third kappa shape index (κ3) is 2.65. The first-order valence-corrected chi connectivity index (χ1v) is 11.8. The van der Waals surface area contributed by atoms with Crippen LogP contribution in [0.5, 0.6) is 0 Å². The lowest BCUT2D eigenvalue weighted by molar-refractivity contribution is -0.200. The van der Waals surface area contributed by atoms with E-state index in [1.54, 1.807) is 12.2 Å². The summed E-state index contributed by atoms with van der Waals surface area (Å²) in [5, 5.41) is 21.4. The maximum absolute atomic E-state index is 13.2. The molecule has 0 bridgehead atoms. The molecule has 0 aromatic carbocycles. The van der Waals surface area contributed by atoms with Gasteiger partial charge in [-0.2, -0.15) is 0 Å². The topological polar surface area (TPSA) is 93.1 Å². The standard InChI is InChI=1S/C25H34O6/c1-4-5-21-30-20-11-17-16-7-6-14-10-15(27)8-9-23(14,2)22(16)18(28)12-24(17,3)25(20,31-21)19(29)13-26/h8-10,16-18,20-22,26,28H,4-7,11-13H2,1-3H3/t16-,17-,18-,20?,21-,22+,23-,24-,25+/m0/s1. The molecule has 0 amide bonds. The summed E-state index contributed by atoms with van der Waals surface area (Å²) in [5.41, 5.74) is -1.05. The van der Waals surface area contributed by atoms with Crippen molar-refractivity contribution in [3.8, 4) is 0 Å². The average Bonchev–Trinajstić information content (AvgIpc) is 3.20. The van der Waals surface area contributed by atoms with E-state index < -0.39 is 36.1 Å². The van der Waals surface area contributed by atoms with E-state index in [1.807, 2.05) is 6.08 Å². The average molecular weight is 431 g/mol. The van der Waals surface area contributed by atoms with Crippen molar-refractivity contribution in [2.75, 3.05) is 6.61 Å². The molecule has 3 saturated carbocycles. The van der Waals surface area contributed by atoms with Crippen LogP contribution in [0.2, 0.25) is 0 Å². The van der Waals surface area contributed by atoms with Crippen LogP contribution in [-0.2, 0) is 19.1 Å². The molecule has 0 radical (unpaired) electrons. The lowest BCUT2D eigenvalue weighted by Gasteiger charge is -2.59. The fourth-order valence-electron chi connectivity index (χ4n) is 8.12. The fourth-order valence-corrected chi connectivity index (χ4v) is 8.12. The lowest BCUT2D eigenvalue weighted by Crippen LogP contribution is -2.63. The molecule has 1 unspecified atom stereocenters. The van der Waals surface area contributed by atoms with Gasteiger partial charge >= 0.3 is 0 Å². The van der Waals surface area contributed by atoms with Gasteiger partial charge in [-0.3, -0.25) is 9.59 Å². The molecule has 6 nitrogen and oxygen atoms in total. The van der Waals surface area contributed by atoms with Crippen LogP contribution in [0.15, 0.2) is 23.8 Å². The maximum Gasteiger partial charge on any atom is 0.193 e. The number of carbonyl (C=O) groups is 2. The quantitative estimate of drug-likeness (QED) is 0.712. The van der Waals surface area contributed by atoms with Gasteiger partial charge in [0.25, 0.3) is 0 Å². The second-order valence-electron chi connectivity index (χ2n) is 10.7. The molecule has 1 aliphatic heterocycles. The van der Waals surface area contributed by atoms with Gasteiger partial charge in [-0.15, -0.1) is 0 Å². The fraction of sp³-hybridized carbons (Fsp3) is 0.760. The van der Waals surface area contributed by atoms with Gasteiger partial charge in [-0.25, -0.2) is 0 Å². The van der Waals surface area contributed by atoms with Crippen LogP contribution in [0.1, 0.15) is 59.3 Å². The van der Waals surface area contributed by atoms with E-state index in [-0.39, 0.29) is 34.7 Å². The molecule has 170 valence electrons. The van der Waals surface area contributed by atoms with Crippen molar-refractivity contribution in [3.05, 3.63) is 23.8 Å². The molecule has 1 heterocycles. The zero-order chi connectivity index (χ0) is 22.2. The van der Waals surface area contributed by atoms with Gasteiger partial charge in [0.1, 0.15) is 6.61 Å². The molecule has 6 heteroatoms. The van der Waals surface area contributed by atoms with Crippen molar-refractivity contribution in [1.29, 1.82) is 0 Å². The van der Waals surface area contributed by atoms with E-state index in [0.717, 1.165) is 24.8 Å². The minimum absolute atomic E-state index is 0.0125. The number of hydrogen-bond acceptors (Lipinski definition) is 6. The number of aliphatic hydroxyl groups is 2. The van der Waals surface area contributed by atoms with E-state index in [9.17, 15) is 19.8 Å². The van der Waals surface area contributed by atoms with Crippen LogP contribution in [0.4, 0.5) is 0 Å². The number of Topliss-reactive ketones (excluding diaryl/α,β-unsaturated/α-hetero) is 1. The van der Waals surface area contributed by atoms with Crippen molar-refractivity contribution >= 4 is 11.6 Å². The number of ketones is 2. The van der Waals surface area contributed by atoms with Crippen molar-refractivity contribution < 1.29 is 29.3 Å². The van der Waals surface area contributed by atoms with Gasteiger partial charge in [-0.05, 0) is 56.1 Å². The Labute approximate surface area is 183 Å². The Morgan fingerprint density at radius 1 is 1.32 bits per heavy atom. The zero-order valence-electron chi connectivity index (χ0n) is 18.7. The Bertz CT molecular complexity index is 862. The van der Waals surface area contributed by atoms with Crippen LogP contribution >= 0.6 is 0 Å². The summed E-state index contributed by atoms with van der Waals surface area (Å²) in [4.78, 5) is 25.2. The molecule has 4 aliphatic carbocycles. The van der Waals surface area contributed by atoms with Crippen LogP contribution in [0.3, 0.4) is 0 Å². The summed E-state index contributed by atoms with van der Waals surface area (Å²) in [6, 6.07) is 0. The van der Waals surface area contributed by atoms with E-state index in [1.165, 1.54) is 0 Å². The predicted molar refractivity (Wildman–Crippen MR) is 113 cm³/mol. The molecule has 31 heavy (non-hydrogen) atoms. The van der Waals surface area contributed by atoms with Crippen molar-refractivity contribution in [1.82, 2.24) is 0 Å². The molecule has 0 aromatic rings. The Balaban J connectivity index is 1.55. The molecule has 0 aromatic heterocycles. The first kappa shape index (κ1) is 21.5. The number of rotatable bonds is 4.